The number of hydrogen-bond donors (Lipinski definition) is 2. The predicted molar refractivity (Wildman–Crippen MR) is 78.5 cm³/mol. The highest BCUT2D eigenvalue weighted by molar-refractivity contribution is 7.98. The molecule has 0 aliphatic heterocycles. The first-order chi connectivity index (χ1) is 9.60. The Balaban J connectivity index is 2.62. The second-order valence-corrected chi connectivity index (χ2v) is 5.28. The van der Waals surface area contributed by atoms with E-state index in [2.05, 4.69) is 5.43 Å². The molecule has 20 heavy (non-hydrogen) atoms. The molecule has 1 atom stereocenters. The summed E-state index contributed by atoms with van der Waals surface area (Å²) in [5.41, 5.74) is 3.63. The van der Waals surface area contributed by atoms with Crippen molar-refractivity contribution in [3.8, 4) is 0 Å². The molecule has 1 unspecified atom stereocenters. The van der Waals surface area contributed by atoms with E-state index in [1.165, 1.54) is 23.9 Å². The van der Waals surface area contributed by atoms with Crippen molar-refractivity contribution < 1.29 is 8.78 Å². The van der Waals surface area contributed by atoms with E-state index in [0.717, 1.165) is 10.5 Å². The molecule has 0 spiro atoms. The van der Waals surface area contributed by atoms with Gasteiger partial charge in [-0.1, -0.05) is 24.3 Å². The van der Waals surface area contributed by atoms with Gasteiger partial charge >= 0.3 is 0 Å². The maximum atomic E-state index is 14.3. The van der Waals surface area contributed by atoms with Gasteiger partial charge in [-0.2, -0.15) is 0 Å². The summed E-state index contributed by atoms with van der Waals surface area (Å²) in [4.78, 5) is 0.927. The number of thioether (sulfide) groups is 1. The smallest absolute Gasteiger partial charge is 0.134 e. The Labute approximate surface area is 121 Å². The summed E-state index contributed by atoms with van der Waals surface area (Å²) in [6.07, 6.45) is 1.91. The van der Waals surface area contributed by atoms with Gasteiger partial charge in [-0.05, 0) is 36.4 Å². The van der Waals surface area contributed by atoms with Gasteiger partial charge in [-0.25, -0.2) is 14.2 Å². The molecule has 2 aromatic carbocycles. The van der Waals surface area contributed by atoms with Crippen LogP contribution < -0.4 is 11.3 Å². The van der Waals surface area contributed by atoms with Crippen LogP contribution in [-0.2, 0) is 0 Å². The third-order valence-electron chi connectivity index (χ3n) is 3.22. The van der Waals surface area contributed by atoms with E-state index in [1.54, 1.807) is 6.92 Å². The molecule has 3 N–H and O–H groups in total. The number of nitrogens with two attached hydrogens (primary N) is 1. The molecule has 2 rings (SSSR count). The van der Waals surface area contributed by atoms with Gasteiger partial charge in [0.1, 0.15) is 11.6 Å². The van der Waals surface area contributed by atoms with Crippen molar-refractivity contribution in [2.45, 2.75) is 17.9 Å². The van der Waals surface area contributed by atoms with Crippen molar-refractivity contribution in [1.29, 1.82) is 0 Å². The third-order valence-corrected chi connectivity index (χ3v) is 4.04. The lowest BCUT2D eigenvalue weighted by Gasteiger charge is -2.21. The van der Waals surface area contributed by atoms with Crippen molar-refractivity contribution in [1.82, 2.24) is 5.43 Å². The van der Waals surface area contributed by atoms with E-state index in [4.69, 9.17) is 5.84 Å². The Kier molecular flexibility index (Phi) is 4.75. The zero-order valence-electron chi connectivity index (χ0n) is 11.3. The maximum Gasteiger partial charge on any atom is 0.134 e. The van der Waals surface area contributed by atoms with Crippen LogP contribution in [0.1, 0.15) is 22.7 Å². The summed E-state index contributed by atoms with van der Waals surface area (Å²) in [5, 5.41) is 0. The van der Waals surface area contributed by atoms with E-state index in [1.807, 2.05) is 30.5 Å². The minimum absolute atomic E-state index is 0.0472. The summed E-state index contributed by atoms with van der Waals surface area (Å²) < 4.78 is 28.3. The van der Waals surface area contributed by atoms with Crippen LogP contribution in [0.4, 0.5) is 8.78 Å². The van der Waals surface area contributed by atoms with E-state index < -0.39 is 17.7 Å². The molecule has 0 radical (unpaired) electrons. The standard InChI is InChI=1S/C15H16F2N2S/c1-9-7-8-11(16)13(14(9)17)15(19-18)10-5-3-4-6-12(10)20-2/h3-8,15,19H,18H2,1-2H3. The number of rotatable bonds is 4. The van der Waals surface area contributed by atoms with E-state index in [-0.39, 0.29) is 5.56 Å². The monoisotopic (exact) mass is 294 g/mol. The van der Waals surface area contributed by atoms with Gasteiger partial charge in [0.25, 0.3) is 0 Å². The van der Waals surface area contributed by atoms with Crippen molar-refractivity contribution in [2.24, 2.45) is 5.84 Å². The van der Waals surface area contributed by atoms with Gasteiger partial charge in [0, 0.05) is 10.5 Å². The Morgan fingerprint density at radius 3 is 2.50 bits per heavy atom. The third kappa shape index (κ3) is 2.70. The first-order valence-electron chi connectivity index (χ1n) is 6.13. The van der Waals surface area contributed by atoms with Gasteiger partial charge in [-0.15, -0.1) is 11.8 Å². The first-order valence-corrected chi connectivity index (χ1v) is 7.36. The van der Waals surface area contributed by atoms with Crippen molar-refractivity contribution >= 4 is 11.8 Å². The Bertz CT molecular complexity index is 617. The van der Waals surface area contributed by atoms with Crippen LogP contribution >= 0.6 is 11.8 Å². The van der Waals surface area contributed by atoms with Crippen molar-refractivity contribution in [3.63, 3.8) is 0 Å². The summed E-state index contributed by atoms with van der Waals surface area (Å²) in [7, 11) is 0. The summed E-state index contributed by atoms with van der Waals surface area (Å²) in [5.74, 6) is 4.39. The van der Waals surface area contributed by atoms with Crippen LogP contribution in [0.5, 0.6) is 0 Å². The van der Waals surface area contributed by atoms with Gasteiger partial charge in [-0.3, -0.25) is 5.84 Å². The average Bonchev–Trinajstić information content (AvgIpc) is 2.47. The average molecular weight is 294 g/mol. The minimum atomic E-state index is -0.724. The lowest BCUT2D eigenvalue weighted by atomic mass is 9.96. The highest BCUT2D eigenvalue weighted by atomic mass is 32.2. The Hall–Kier alpha value is -1.43. The molecule has 2 nitrogen and oxygen atoms in total. The lowest BCUT2D eigenvalue weighted by molar-refractivity contribution is 0.504. The quantitative estimate of drug-likeness (QED) is 0.514. The number of hydrazine groups is 1. The molecule has 2 aromatic rings. The molecule has 0 aromatic heterocycles. The van der Waals surface area contributed by atoms with Gasteiger partial charge < -0.3 is 0 Å². The van der Waals surface area contributed by atoms with Gasteiger partial charge in [0.2, 0.25) is 0 Å². The number of halogens is 2. The Morgan fingerprint density at radius 1 is 1.15 bits per heavy atom. The van der Waals surface area contributed by atoms with Crippen LogP contribution in [0.25, 0.3) is 0 Å². The Morgan fingerprint density at radius 2 is 1.85 bits per heavy atom. The molecule has 106 valence electrons. The first kappa shape index (κ1) is 15.0. The fourth-order valence-electron chi connectivity index (χ4n) is 2.18. The lowest BCUT2D eigenvalue weighted by Crippen LogP contribution is -2.31. The highest BCUT2D eigenvalue weighted by Gasteiger charge is 2.23. The van der Waals surface area contributed by atoms with Gasteiger partial charge in [0.15, 0.2) is 0 Å². The van der Waals surface area contributed by atoms with Crippen LogP contribution in [0.2, 0.25) is 0 Å². The van der Waals surface area contributed by atoms with Crippen LogP contribution in [0.15, 0.2) is 41.3 Å². The van der Waals surface area contributed by atoms with E-state index >= 15 is 0 Å². The maximum absolute atomic E-state index is 14.3. The second kappa shape index (κ2) is 6.35. The van der Waals surface area contributed by atoms with E-state index in [0.29, 0.717) is 5.56 Å². The highest BCUT2D eigenvalue weighted by Crippen LogP contribution is 2.33. The fraction of sp³-hybridized carbons (Fsp3) is 0.200. The van der Waals surface area contributed by atoms with Crippen LogP contribution in [0, 0.1) is 18.6 Å². The number of nitrogens with one attached hydrogen (secondary N) is 1. The SMILES string of the molecule is CSc1ccccc1C(NN)c1c(F)ccc(C)c1F. The molecule has 5 heteroatoms. The predicted octanol–water partition coefficient (Wildman–Crippen LogP) is 3.55. The molecular formula is C15H16F2N2S. The number of hydrogen-bond acceptors (Lipinski definition) is 3. The molecule has 0 saturated heterocycles. The van der Waals surface area contributed by atoms with Crippen LogP contribution in [0.3, 0.4) is 0 Å². The zero-order valence-corrected chi connectivity index (χ0v) is 12.1. The van der Waals surface area contributed by atoms with Crippen molar-refractivity contribution in [3.05, 3.63) is 64.7 Å². The minimum Gasteiger partial charge on any atom is -0.271 e. The fourth-order valence-corrected chi connectivity index (χ4v) is 2.81. The molecule has 0 bridgehead atoms. The van der Waals surface area contributed by atoms with Crippen molar-refractivity contribution in [2.75, 3.05) is 6.26 Å². The molecule has 0 aliphatic rings. The summed E-state index contributed by atoms with van der Waals surface area (Å²) in [6, 6.07) is 9.38. The molecule has 0 amide bonds. The molecule has 0 fully saturated rings. The van der Waals surface area contributed by atoms with E-state index in [9.17, 15) is 8.78 Å². The normalized spacial score (nSPS) is 12.4. The van der Waals surface area contributed by atoms with Gasteiger partial charge in [0.05, 0.1) is 6.04 Å². The molecule has 0 heterocycles. The summed E-state index contributed by atoms with van der Waals surface area (Å²) in [6.45, 7) is 1.60. The number of benzene rings is 2. The largest absolute Gasteiger partial charge is 0.271 e. The molecule has 0 aliphatic carbocycles. The van der Waals surface area contributed by atoms with Crippen LogP contribution in [-0.4, -0.2) is 6.26 Å². The molecular weight excluding hydrogens is 278 g/mol. The second-order valence-electron chi connectivity index (χ2n) is 4.43. The topological polar surface area (TPSA) is 38.0 Å². The summed E-state index contributed by atoms with van der Waals surface area (Å²) >= 11 is 1.51. The zero-order chi connectivity index (χ0) is 14.7. The molecule has 0 saturated carbocycles. The number of aryl methyl sites for hydroxylation is 1.